The van der Waals surface area contributed by atoms with Crippen molar-refractivity contribution < 1.29 is 37.0 Å². The molecule has 0 unspecified atom stereocenters. The first-order valence-electron chi connectivity index (χ1n) is 15.1. The van der Waals surface area contributed by atoms with Crippen LogP contribution in [0.4, 0.5) is 5.69 Å². The molecule has 5 aromatic carbocycles. The smallest absolute Gasteiger partial charge is 0.395 e. The highest BCUT2D eigenvalue weighted by Gasteiger charge is 2.25. The Bertz CT molecular complexity index is 1630. The second kappa shape index (κ2) is 16.9. The van der Waals surface area contributed by atoms with Gasteiger partial charge in [0.15, 0.2) is 0 Å². The van der Waals surface area contributed by atoms with Crippen LogP contribution in [0.15, 0.2) is 134 Å². The Hall–Kier alpha value is -4.78. The van der Waals surface area contributed by atoms with Crippen molar-refractivity contribution in [1.82, 2.24) is 0 Å². The van der Waals surface area contributed by atoms with Gasteiger partial charge in [0.25, 0.3) is 0 Å². The van der Waals surface area contributed by atoms with Crippen LogP contribution in [0.3, 0.4) is 0 Å². The second-order valence-corrected chi connectivity index (χ2v) is 13.6. The minimum atomic E-state index is -4.17. The number of hydrogen-bond donors (Lipinski definition) is 3. The highest BCUT2D eigenvalue weighted by atomic mass is 31.2. The molecular weight excluding hydrogens is 648 g/mol. The van der Waals surface area contributed by atoms with E-state index < -0.39 is 15.6 Å². The summed E-state index contributed by atoms with van der Waals surface area (Å²) in [7, 11) is -8.33. The van der Waals surface area contributed by atoms with E-state index in [4.69, 9.17) is 18.1 Å². The predicted octanol–water partition coefficient (Wildman–Crippen LogP) is 9.89. The molecule has 0 saturated heterocycles. The minimum absolute atomic E-state index is 0.295. The fourth-order valence-electron chi connectivity index (χ4n) is 4.14. The van der Waals surface area contributed by atoms with Crippen molar-refractivity contribution in [3.05, 3.63) is 161 Å². The van der Waals surface area contributed by atoms with E-state index in [1.54, 1.807) is 97.1 Å². The molecule has 1 aliphatic heterocycles. The summed E-state index contributed by atoms with van der Waals surface area (Å²) in [6.45, 7) is 7.69. The van der Waals surface area contributed by atoms with Crippen molar-refractivity contribution in [2.24, 2.45) is 0 Å². The number of para-hydroxylation sites is 1. The lowest BCUT2D eigenvalue weighted by Gasteiger charge is -2.14. The summed E-state index contributed by atoms with van der Waals surface area (Å²) in [6.07, 6.45) is 5.17. The molecule has 0 aliphatic carbocycles. The second-order valence-electron chi connectivity index (χ2n) is 11.0. The number of aryl methyl sites for hydroxylation is 4. The van der Waals surface area contributed by atoms with E-state index >= 15 is 0 Å². The summed E-state index contributed by atoms with van der Waals surface area (Å²) in [4.78, 5) is 19.3. The molecule has 0 fully saturated rings. The molecule has 0 saturated carbocycles. The van der Waals surface area contributed by atoms with Crippen molar-refractivity contribution in [3.63, 3.8) is 0 Å². The van der Waals surface area contributed by atoms with Crippen LogP contribution >= 0.6 is 15.6 Å². The van der Waals surface area contributed by atoms with Crippen LogP contribution < -0.4 is 23.4 Å². The maximum absolute atomic E-state index is 11.8. The molecule has 250 valence electrons. The van der Waals surface area contributed by atoms with E-state index in [0.29, 0.717) is 23.0 Å². The van der Waals surface area contributed by atoms with Gasteiger partial charge in [0.1, 0.15) is 23.0 Å². The van der Waals surface area contributed by atoms with Gasteiger partial charge in [0.2, 0.25) is 0 Å². The normalized spacial score (nSPS) is 11.7. The highest BCUT2D eigenvalue weighted by molar-refractivity contribution is 7.48. The largest absolute Gasteiger partial charge is 0.584 e. The van der Waals surface area contributed by atoms with Crippen molar-refractivity contribution >= 4 is 21.3 Å². The predicted molar refractivity (Wildman–Crippen MR) is 190 cm³/mol. The van der Waals surface area contributed by atoms with Gasteiger partial charge in [-0.3, -0.25) is 9.79 Å². The Labute approximate surface area is 281 Å². The number of nitrogens with one attached hydrogen (secondary N) is 1. The van der Waals surface area contributed by atoms with Crippen LogP contribution in [0.1, 0.15) is 27.8 Å². The van der Waals surface area contributed by atoms with Gasteiger partial charge < -0.3 is 23.4 Å². The Morgan fingerprint density at radius 2 is 0.812 bits per heavy atom. The topological polar surface area (TPSA) is 124 Å². The molecule has 3 N–H and O–H groups in total. The van der Waals surface area contributed by atoms with Crippen LogP contribution in [0, 0.1) is 27.7 Å². The van der Waals surface area contributed by atoms with Gasteiger partial charge in [0.05, 0.1) is 0 Å². The van der Waals surface area contributed by atoms with E-state index in [-0.39, 0.29) is 0 Å². The van der Waals surface area contributed by atoms with Crippen LogP contribution in [-0.4, -0.2) is 9.79 Å². The maximum atomic E-state index is 11.8. The molecule has 9 nitrogen and oxygen atoms in total. The average molecular weight is 688 g/mol. The molecule has 5 aromatic rings. The highest BCUT2D eigenvalue weighted by Crippen LogP contribution is 2.45. The molecule has 1 aliphatic rings. The number of hydrogen-bond acceptors (Lipinski definition) is 7. The zero-order valence-corrected chi connectivity index (χ0v) is 28.9. The van der Waals surface area contributed by atoms with Crippen LogP contribution in [0.2, 0.25) is 0 Å². The lowest BCUT2D eigenvalue weighted by molar-refractivity contribution is 0.289. The van der Waals surface area contributed by atoms with Crippen LogP contribution in [0.25, 0.3) is 0 Å². The lowest BCUT2D eigenvalue weighted by atomic mass is 10.1. The summed E-state index contributed by atoms with van der Waals surface area (Å²) in [5, 5.41) is 3.18. The third-order valence-corrected chi connectivity index (χ3v) is 8.44. The number of fused-ring (bicyclic) bond motifs is 1. The molecule has 0 spiro atoms. The molecule has 0 atom stereocenters. The fourth-order valence-corrected chi connectivity index (χ4v) is 5.77. The van der Waals surface area contributed by atoms with Crippen LogP contribution in [-0.2, 0) is 15.6 Å². The summed E-state index contributed by atoms with van der Waals surface area (Å²) in [5.74, 6) is 1.18. The summed E-state index contributed by atoms with van der Waals surface area (Å²) >= 11 is 0. The number of benzene rings is 5. The fraction of sp³-hybridized carbons (Fsp3) is 0.135. The van der Waals surface area contributed by atoms with Gasteiger partial charge in [-0.15, -0.1) is 0 Å². The van der Waals surface area contributed by atoms with E-state index in [1.165, 1.54) is 11.3 Å². The number of rotatable bonds is 8. The summed E-state index contributed by atoms with van der Waals surface area (Å²) in [6, 6.07) is 35.7. The van der Waals surface area contributed by atoms with Gasteiger partial charge in [-0.25, -0.2) is 9.13 Å². The molecule has 0 aromatic heterocycles. The molecule has 6 rings (SSSR count). The number of anilines is 1. The molecule has 0 bridgehead atoms. The zero-order valence-electron chi connectivity index (χ0n) is 27.1. The number of allylic oxidation sites excluding steroid dienone is 1. The van der Waals surface area contributed by atoms with Crippen molar-refractivity contribution in [2.75, 3.05) is 5.32 Å². The van der Waals surface area contributed by atoms with Gasteiger partial charge in [-0.2, -0.15) is 0 Å². The SMILES string of the molecule is C1=CNc2ccccc2C1.Cc1ccc(OP(=O)(O)Oc2ccc(C)cc2)cc1.Cc1ccc(OP(=O)(O)Oc2ccc(C)cc2)cc1. The summed E-state index contributed by atoms with van der Waals surface area (Å²) < 4.78 is 43.6. The third-order valence-electron chi connectivity index (χ3n) is 6.68. The average Bonchev–Trinajstić information content (AvgIpc) is 3.06. The molecule has 1 heterocycles. The lowest BCUT2D eigenvalue weighted by Crippen LogP contribution is -1.99. The Kier molecular flexibility index (Phi) is 12.7. The molecule has 11 heteroatoms. The molecule has 0 radical (unpaired) electrons. The van der Waals surface area contributed by atoms with E-state index in [0.717, 1.165) is 28.7 Å². The van der Waals surface area contributed by atoms with Crippen molar-refractivity contribution in [3.8, 4) is 23.0 Å². The summed E-state index contributed by atoms with van der Waals surface area (Å²) in [5.41, 5.74) is 6.79. The quantitative estimate of drug-likeness (QED) is 0.137. The van der Waals surface area contributed by atoms with Gasteiger partial charge in [-0.1, -0.05) is 95.1 Å². The van der Waals surface area contributed by atoms with E-state index in [1.807, 2.05) is 40.0 Å². The molecule has 48 heavy (non-hydrogen) atoms. The van der Waals surface area contributed by atoms with Gasteiger partial charge in [0, 0.05) is 5.69 Å². The number of phosphoric acid groups is 2. The first-order valence-corrected chi connectivity index (χ1v) is 18.0. The standard InChI is InChI=1S/2C14H15O4P.C9H9N/c2*1-11-3-7-13(8-4-11)17-19(15,16)18-14-9-5-12(2)6-10-14;1-2-6-9-8(4-1)5-3-7-10-9/h2*3-10H,1-2H3,(H,15,16);1-4,6-7,10H,5H2. The monoisotopic (exact) mass is 687 g/mol. The number of phosphoric ester groups is 2. The van der Waals surface area contributed by atoms with Crippen molar-refractivity contribution in [2.45, 2.75) is 34.1 Å². The van der Waals surface area contributed by atoms with Gasteiger partial charge >= 0.3 is 15.6 Å². The van der Waals surface area contributed by atoms with Gasteiger partial charge in [-0.05, 0) is 100 Å². The zero-order chi connectivity index (χ0) is 34.6. The first-order chi connectivity index (χ1) is 22.9. The molecular formula is C37H39NO8P2. The Balaban J connectivity index is 0.000000170. The molecule has 0 amide bonds. The first kappa shape index (κ1) is 36.1. The van der Waals surface area contributed by atoms with Crippen molar-refractivity contribution in [1.29, 1.82) is 0 Å². The van der Waals surface area contributed by atoms with Crippen LogP contribution in [0.5, 0.6) is 23.0 Å². The van der Waals surface area contributed by atoms with E-state index in [2.05, 4.69) is 29.6 Å². The maximum Gasteiger partial charge on any atom is 0.584 e. The minimum Gasteiger partial charge on any atom is -0.395 e. The Morgan fingerprint density at radius 3 is 1.12 bits per heavy atom. The Morgan fingerprint density at radius 1 is 0.500 bits per heavy atom. The third kappa shape index (κ3) is 12.4. The van der Waals surface area contributed by atoms with E-state index in [9.17, 15) is 18.9 Å².